The van der Waals surface area contributed by atoms with Crippen molar-refractivity contribution in [2.45, 2.75) is 32.6 Å². The standard InChI is InChI=1S/C15H21N3S/c1-9-4-5-17-15(13(9)14(16)19)18-8-12-7-10-2-3-11(12)6-10/h4-5,10-12H,2-3,6-8H2,1H3,(H2,16,19)(H,17,18). The van der Waals surface area contributed by atoms with Crippen LogP contribution in [0.3, 0.4) is 0 Å². The van der Waals surface area contributed by atoms with Gasteiger partial charge in [0.2, 0.25) is 0 Å². The van der Waals surface area contributed by atoms with Crippen molar-refractivity contribution in [3.05, 3.63) is 23.4 Å². The predicted octanol–water partition coefficient (Wildman–Crippen LogP) is 2.87. The van der Waals surface area contributed by atoms with Crippen LogP contribution in [0, 0.1) is 24.7 Å². The highest BCUT2D eigenvalue weighted by Crippen LogP contribution is 2.48. The second-order valence-corrected chi connectivity index (χ2v) is 6.47. The van der Waals surface area contributed by atoms with Crippen LogP contribution in [0.1, 0.15) is 36.8 Å². The van der Waals surface area contributed by atoms with Gasteiger partial charge in [0.25, 0.3) is 0 Å². The number of fused-ring (bicyclic) bond motifs is 2. The zero-order valence-electron chi connectivity index (χ0n) is 11.4. The van der Waals surface area contributed by atoms with E-state index in [0.717, 1.165) is 41.2 Å². The molecule has 1 aromatic heterocycles. The minimum Gasteiger partial charge on any atom is -0.389 e. The van der Waals surface area contributed by atoms with Gasteiger partial charge in [-0.1, -0.05) is 18.6 Å². The second-order valence-electron chi connectivity index (χ2n) is 6.03. The van der Waals surface area contributed by atoms with E-state index in [4.69, 9.17) is 18.0 Å². The van der Waals surface area contributed by atoms with Crippen molar-refractivity contribution >= 4 is 23.0 Å². The number of thiocarbonyl (C=S) groups is 1. The van der Waals surface area contributed by atoms with Gasteiger partial charge in [0.15, 0.2) is 0 Å². The van der Waals surface area contributed by atoms with Gasteiger partial charge >= 0.3 is 0 Å². The van der Waals surface area contributed by atoms with E-state index >= 15 is 0 Å². The van der Waals surface area contributed by atoms with Gasteiger partial charge < -0.3 is 11.1 Å². The van der Waals surface area contributed by atoms with Crippen molar-refractivity contribution in [2.24, 2.45) is 23.5 Å². The molecule has 3 N–H and O–H groups in total. The molecule has 0 spiro atoms. The number of pyridine rings is 1. The highest BCUT2D eigenvalue weighted by Gasteiger charge is 2.39. The number of hydrogen-bond acceptors (Lipinski definition) is 3. The fourth-order valence-corrected chi connectivity index (χ4v) is 4.12. The zero-order valence-corrected chi connectivity index (χ0v) is 12.2. The van der Waals surface area contributed by atoms with Crippen molar-refractivity contribution in [2.75, 3.05) is 11.9 Å². The van der Waals surface area contributed by atoms with E-state index in [2.05, 4.69) is 10.3 Å². The highest BCUT2D eigenvalue weighted by molar-refractivity contribution is 7.80. The van der Waals surface area contributed by atoms with Gasteiger partial charge in [0.05, 0.1) is 5.56 Å². The Morgan fingerprint density at radius 3 is 2.95 bits per heavy atom. The number of hydrogen-bond donors (Lipinski definition) is 2. The predicted molar refractivity (Wildman–Crippen MR) is 82.3 cm³/mol. The number of nitrogens with two attached hydrogens (primary N) is 1. The van der Waals surface area contributed by atoms with Crippen LogP contribution in [0.5, 0.6) is 0 Å². The quantitative estimate of drug-likeness (QED) is 0.830. The van der Waals surface area contributed by atoms with E-state index < -0.39 is 0 Å². The van der Waals surface area contributed by atoms with E-state index in [1.54, 1.807) is 0 Å². The van der Waals surface area contributed by atoms with Crippen molar-refractivity contribution < 1.29 is 0 Å². The minimum absolute atomic E-state index is 0.432. The number of nitrogens with one attached hydrogen (secondary N) is 1. The molecule has 3 atom stereocenters. The van der Waals surface area contributed by atoms with Crippen LogP contribution in [0.4, 0.5) is 5.82 Å². The first-order valence-corrected chi connectivity index (χ1v) is 7.55. The van der Waals surface area contributed by atoms with Gasteiger partial charge in [0.1, 0.15) is 10.8 Å². The van der Waals surface area contributed by atoms with Crippen molar-refractivity contribution in [3.8, 4) is 0 Å². The molecule has 1 heterocycles. The van der Waals surface area contributed by atoms with Crippen molar-refractivity contribution in [1.82, 2.24) is 4.98 Å². The molecule has 0 aromatic carbocycles. The average Bonchev–Trinajstić information content (AvgIpc) is 2.97. The van der Waals surface area contributed by atoms with Gasteiger partial charge in [-0.25, -0.2) is 4.98 Å². The zero-order chi connectivity index (χ0) is 13.4. The molecule has 102 valence electrons. The number of aromatic nitrogens is 1. The largest absolute Gasteiger partial charge is 0.389 e. The first-order chi connectivity index (χ1) is 9.15. The van der Waals surface area contributed by atoms with Crippen LogP contribution in [0.15, 0.2) is 12.3 Å². The first-order valence-electron chi connectivity index (χ1n) is 7.14. The Balaban J connectivity index is 1.70. The Labute approximate surface area is 120 Å². The van der Waals surface area contributed by atoms with Crippen molar-refractivity contribution in [3.63, 3.8) is 0 Å². The maximum absolute atomic E-state index is 5.81. The monoisotopic (exact) mass is 275 g/mol. The molecular formula is C15H21N3S. The first kappa shape index (κ1) is 12.9. The molecule has 2 aliphatic carbocycles. The Bertz CT molecular complexity index is 500. The molecule has 0 radical (unpaired) electrons. The SMILES string of the molecule is Cc1ccnc(NCC2CC3CCC2C3)c1C(N)=S. The summed E-state index contributed by atoms with van der Waals surface area (Å²) in [6, 6.07) is 1.96. The fourth-order valence-electron chi connectivity index (χ4n) is 3.86. The smallest absolute Gasteiger partial charge is 0.136 e. The molecule has 0 amide bonds. The normalized spacial score (nSPS) is 28.6. The van der Waals surface area contributed by atoms with Crippen LogP contribution in [-0.4, -0.2) is 16.5 Å². The van der Waals surface area contributed by atoms with E-state index in [0.29, 0.717) is 4.99 Å². The summed E-state index contributed by atoms with van der Waals surface area (Å²) < 4.78 is 0. The number of aryl methyl sites for hydroxylation is 1. The van der Waals surface area contributed by atoms with Gasteiger partial charge in [-0.15, -0.1) is 0 Å². The second kappa shape index (κ2) is 5.08. The molecule has 3 unspecified atom stereocenters. The summed E-state index contributed by atoms with van der Waals surface area (Å²) in [6.45, 7) is 3.03. The number of anilines is 1. The molecule has 3 nitrogen and oxygen atoms in total. The van der Waals surface area contributed by atoms with Gasteiger partial charge in [-0.05, 0) is 55.6 Å². The minimum atomic E-state index is 0.432. The lowest BCUT2D eigenvalue weighted by Crippen LogP contribution is -2.23. The maximum atomic E-state index is 5.81. The van der Waals surface area contributed by atoms with Crippen LogP contribution in [0.2, 0.25) is 0 Å². The molecule has 0 aliphatic heterocycles. The van der Waals surface area contributed by atoms with E-state index in [9.17, 15) is 0 Å². The van der Waals surface area contributed by atoms with E-state index in [-0.39, 0.29) is 0 Å². The third kappa shape index (κ3) is 2.46. The number of rotatable bonds is 4. The Hall–Kier alpha value is -1.16. The summed E-state index contributed by atoms with van der Waals surface area (Å²) >= 11 is 5.14. The Morgan fingerprint density at radius 2 is 2.32 bits per heavy atom. The summed E-state index contributed by atoms with van der Waals surface area (Å²) in [4.78, 5) is 4.84. The summed E-state index contributed by atoms with van der Waals surface area (Å²) in [6.07, 6.45) is 7.50. The molecule has 1 aromatic rings. The van der Waals surface area contributed by atoms with Crippen LogP contribution in [0.25, 0.3) is 0 Å². The molecule has 19 heavy (non-hydrogen) atoms. The lowest BCUT2D eigenvalue weighted by Gasteiger charge is -2.23. The van der Waals surface area contributed by atoms with Crippen LogP contribution >= 0.6 is 12.2 Å². The molecule has 3 rings (SSSR count). The van der Waals surface area contributed by atoms with Crippen LogP contribution < -0.4 is 11.1 Å². The fraction of sp³-hybridized carbons (Fsp3) is 0.600. The van der Waals surface area contributed by atoms with Gasteiger partial charge in [0, 0.05) is 12.7 Å². The molecular weight excluding hydrogens is 254 g/mol. The maximum Gasteiger partial charge on any atom is 0.136 e. The van der Waals surface area contributed by atoms with Gasteiger partial charge in [-0.3, -0.25) is 0 Å². The van der Waals surface area contributed by atoms with Crippen LogP contribution in [-0.2, 0) is 0 Å². The van der Waals surface area contributed by atoms with E-state index in [1.807, 2.05) is 19.2 Å². The summed E-state index contributed by atoms with van der Waals surface area (Å²) in [7, 11) is 0. The van der Waals surface area contributed by atoms with E-state index in [1.165, 1.54) is 25.7 Å². The third-order valence-electron chi connectivity index (χ3n) is 4.82. The molecule has 2 aliphatic rings. The topological polar surface area (TPSA) is 50.9 Å². The summed E-state index contributed by atoms with van der Waals surface area (Å²) in [5.74, 6) is 3.57. The highest BCUT2D eigenvalue weighted by atomic mass is 32.1. The molecule has 4 heteroatoms. The third-order valence-corrected chi connectivity index (χ3v) is 5.03. The number of nitrogens with zero attached hydrogens (tertiary/aromatic N) is 1. The Morgan fingerprint density at radius 1 is 1.47 bits per heavy atom. The lowest BCUT2D eigenvalue weighted by atomic mass is 9.89. The summed E-state index contributed by atoms with van der Waals surface area (Å²) in [5, 5.41) is 3.48. The average molecular weight is 275 g/mol. The molecule has 2 saturated carbocycles. The molecule has 0 saturated heterocycles. The molecule has 2 fully saturated rings. The van der Waals surface area contributed by atoms with Crippen molar-refractivity contribution in [1.29, 1.82) is 0 Å². The molecule has 2 bridgehead atoms. The van der Waals surface area contributed by atoms with Gasteiger partial charge in [-0.2, -0.15) is 0 Å². The Kier molecular flexibility index (Phi) is 3.44. The summed E-state index contributed by atoms with van der Waals surface area (Å²) in [5.41, 5.74) is 7.81. The lowest BCUT2D eigenvalue weighted by molar-refractivity contribution is 0.348.